The van der Waals surface area contributed by atoms with Crippen LogP contribution in [0.15, 0.2) is 23.1 Å². The first-order valence-corrected chi connectivity index (χ1v) is 5.71. The number of benzene rings is 1. The maximum atomic E-state index is 13.2. The first-order valence-electron chi connectivity index (χ1n) is 4.27. The lowest BCUT2D eigenvalue weighted by Gasteiger charge is -2.13. The fourth-order valence-corrected chi connectivity index (χ4v) is 2.03. The molecule has 0 amide bonds. The maximum Gasteiger partial charge on any atom is 0.304 e. The van der Waals surface area contributed by atoms with E-state index in [2.05, 4.69) is 4.84 Å². The highest BCUT2D eigenvalue weighted by Crippen LogP contribution is 2.22. The van der Waals surface area contributed by atoms with Gasteiger partial charge in [-0.25, -0.2) is 8.42 Å². The predicted molar refractivity (Wildman–Crippen MR) is 55.0 cm³/mol. The van der Waals surface area contributed by atoms with E-state index < -0.39 is 31.3 Å². The number of nitro groups is 1. The van der Waals surface area contributed by atoms with E-state index in [1.54, 1.807) is 0 Å². The van der Waals surface area contributed by atoms with Gasteiger partial charge in [0, 0.05) is 19.2 Å². The summed E-state index contributed by atoms with van der Waals surface area (Å²) in [6.07, 6.45) is 0. The first-order chi connectivity index (χ1) is 7.80. The molecular formula is C8H9FN2O5S. The zero-order chi connectivity index (χ0) is 13.2. The molecule has 0 aliphatic rings. The van der Waals surface area contributed by atoms with Gasteiger partial charge in [-0.15, -0.1) is 0 Å². The number of hydrogen-bond donors (Lipinski definition) is 0. The monoisotopic (exact) mass is 264 g/mol. The minimum absolute atomic E-state index is 0.426. The topological polar surface area (TPSA) is 89.8 Å². The second-order valence-electron chi connectivity index (χ2n) is 2.97. The maximum absolute atomic E-state index is 13.2. The van der Waals surface area contributed by atoms with Gasteiger partial charge in [-0.2, -0.15) is 4.39 Å². The Hall–Kier alpha value is -1.58. The predicted octanol–water partition coefficient (Wildman–Crippen LogP) is 0.916. The molecule has 7 nitrogen and oxygen atoms in total. The van der Waals surface area contributed by atoms with Gasteiger partial charge < -0.3 is 0 Å². The summed E-state index contributed by atoms with van der Waals surface area (Å²) in [4.78, 5) is 13.5. The van der Waals surface area contributed by atoms with Gasteiger partial charge in [-0.3, -0.25) is 15.0 Å². The summed E-state index contributed by atoms with van der Waals surface area (Å²) in [5.41, 5.74) is -0.788. The number of nitro benzene ring substituents is 1. The molecule has 0 radical (unpaired) electrons. The van der Waals surface area contributed by atoms with Crippen LogP contribution in [0.25, 0.3) is 0 Å². The number of hydrogen-bond acceptors (Lipinski definition) is 5. The van der Waals surface area contributed by atoms with Gasteiger partial charge in [-0.05, 0) is 6.07 Å². The summed E-state index contributed by atoms with van der Waals surface area (Å²) in [6.45, 7) is 0. The van der Waals surface area contributed by atoms with Crippen LogP contribution in [0, 0.1) is 15.9 Å². The molecule has 0 saturated heterocycles. The second kappa shape index (κ2) is 4.73. The van der Waals surface area contributed by atoms with E-state index in [4.69, 9.17) is 0 Å². The number of halogens is 1. The highest BCUT2D eigenvalue weighted by atomic mass is 32.2. The van der Waals surface area contributed by atoms with Crippen LogP contribution in [0.2, 0.25) is 0 Å². The van der Waals surface area contributed by atoms with Crippen molar-refractivity contribution < 1.29 is 22.6 Å². The lowest BCUT2D eigenvalue weighted by molar-refractivity contribution is -0.387. The van der Waals surface area contributed by atoms with Crippen LogP contribution in [0.5, 0.6) is 0 Å². The number of hydroxylamine groups is 1. The minimum Gasteiger partial charge on any atom is -0.288 e. The van der Waals surface area contributed by atoms with E-state index in [0.29, 0.717) is 10.5 Å². The van der Waals surface area contributed by atoms with Crippen LogP contribution in [0.4, 0.5) is 10.1 Å². The van der Waals surface area contributed by atoms with Crippen molar-refractivity contribution >= 4 is 15.7 Å². The molecule has 0 heterocycles. The largest absolute Gasteiger partial charge is 0.304 e. The van der Waals surface area contributed by atoms with Gasteiger partial charge in [-0.1, -0.05) is 4.47 Å². The molecule has 0 spiro atoms. The van der Waals surface area contributed by atoms with Crippen molar-refractivity contribution in [2.24, 2.45) is 0 Å². The van der Waals surface area contributed by atoms with Gasteiger partial charge in [0.25, 0.3) is 10.0 Å². The van der Waals surface area contributed by atoms with Crippen LogP contribution in [0.3, 0.4) is 0 Å². The molecular weight excluding hydrogens is 255 g/mol. The van der Waals surface area contributed by atoms with Crippen molar-refractivity contribution in [3.8, 4) is 0 Å². The summed E-state index contributed by atoms with van der Waals surface area (Å²) in [5, 5.41) is 10.4. The zero-order valence-corrected chi connectivity index (χ0v) is 9.77. The van der Waals surface area contributed by atoms with E-state index >= 15 is 0 Å². The smallest absolute Gasteiger partial charge is 0.288 e. The summed E-state index contributed by atoms with van der Waals surface area (Å²) in [7, 11) is -1.76. The van der Waals surface area contributed by atoms with Crippen LogP contribution in [-0.4, -0.2) is 32.0 Å². The van der Waals surface area contributed by atoms with E-state index in [-0.39, 0.29) is 0 Å². The number of sulfonamides is 1. The van der Waals surface area contributed by atoms with E-state index in [1.807, 2.05) is 0 Å². The van der Waals surface area contributed by atoms with Crippen molar-refractivity contribution in [2.45, 2.75) is 4.90 Å². The Kier molecular flexibility index (Phi) is 3.76. The van der Waals surface area contributed by atoms with E-state index in [1.165, 1.54) is 0 Å². The Morgan fingerprint density at radius 1 is 1.47 bits per heavy atom. The van der Waals surface area contributed by atoms with Crippen molar-refractivity contribution in [3.05, 3.63) is 34.1 Å². The Morgan fingerprint density at radius 3 is 2.47 bits per heavy atom. The lowest BCUT2D eigenvalue weighted by Crippen LogP contribution is -2.25. The molecule has 0 N–H and O–H groups in total. The lowest BCUT2D eigenvalue weighted by atomic mass is 10.3. The van der Waals surface area contributed by atoms with Gasteiger partial charge in [0.05, 0.1) is 16.9 Å². The molecule has 9 heteroatoms. The fraction of sp³-hybridized carbons (Fsp3) is 0.250. The minimum atomic E-state index is -4.01. The highest BCUT2D eigenvalue weighted by Gasteiger charge is 2.24. The summed E-state index contributed by atoms with van der Waals surface area (Å²) in [5.74, 6) is -1.22. The molecule has 94 valence electrons. The number of nitrogens with zero attached hydrogens (tertiary/aromatic N) is 2. The van der Waals surface area contributed by atoms with Crippen molar-refractivity contribution in [1.29, 1.82) is 0 Å². The molecule has 0 unspecified atom stereocenters. The summed E-state index contributed by atoms with van der Waals surface area (Å²) >= 11 is 0. The van der Waals surface area contributed by atoms with Crippen molar-refractivity contribution in [3.63, 3.8) is 0 Å². The molecule has 1 rings (SSSR count). The van der Waals surface area contributed by atoms with Crippen LogP contribution < -0.4 is 0 Å². The van der Waals surface area contributed by atoms with Crippen LogP contribution in [-0.2, 0) is 14.9 Å². The van der Waals surface area contributed by atoms with Gasteiger partial charge >= 0.3 is 5.69 Å². The highest BCUT2D eigenvalue weighted by molar-refractivity contribution is 7.89. The Balaban J connectivity index is 3.28. The molecule has 0 aliphatic heterocycles. The number of rotatable bonds is 4. The Bertz CT molecular complexity index is 545. The molecule has 17 heavy (non-hydrogen) atoms. The SMILES string of the molecule is CON(C)S(=O)(=O)c1ccc([N+](=O)[O-])c(F)c1. The molecule has 0 aliphatic carbocycles. The van der Waals surface area contributed by atoms with E-state index in [0.717, 1.165) is 26.3 Å². The van der Waals surface area contributed by atoms with Gasteiger partial charge in [0.15, 0.2) is 0 Å². The molecule has 0 aromatic heterocycles. The third-order valence-electron chi connectivity index (χ3n) is 2.01. The summed E-state index contributed by atoms with van der Waals surface area (Å²) in [6, 6.07) is 2.29. The third-order valence-corrected chi connectivity index (χ3v) is 3.68. The zero-order valence-electron chi connectivity index (χ0n) is 8.95. The molecule has 0 saturated carbocycles. The van der Waals surface area contributed by atoms with Gasteiger partial charge in [0.1, 0.15) is 0 Å². The fourth-order valence-electron chi connectivity index (χ4n) is 1.04. The van der Waals surface area contributed by atoms with Crippen LogP contribution in [0.1, 0.15) is 0 Å². The molecule has 0 atom stereocenters. The molecule has 1 aromatic carbocycles. The normalized spacial score (nSPS) is 11.8. The molecule has 0 bridgehead atoms. The Morgan fingerprint density at radius 2 is 2.06 bits per heavy atom. The summed E-state index contributed by atoms with van der Waals surface area (Å²) < 4.78 is 37.1. The standard InChI is InChI=1S/C8H9FN2O5S/c1-10(16-2)17(14,15)6-3-4-8(11(12)13)7(9)5-6/h3-5H,1-2H3. The molecule has 1 aromatic rings. The van der Waals surface area contributed by atoms with Gasteiger partial charge in [0.2, 0.25) is 5.82 Å². The van der Waals surface area contributed by atoms with Crippen molar-refractivity contribution in [1.82, 2.24) is 4.47 Å². The first kappa shape index (κ1) is 13.5. The Labute approximate surface area is 96.6 Å². The quantitative estimate of drug-likeness (QED) is 0.595. The second-order valence-corrected chi connectivity index (χ2v) is 4.90. The van der Waals surface area contributed by atoms with E-state index in [9.17, 15) is 22.9 Å². The van der Waals surface area contributed by atoms with Crippen LogP contribution >= 0.6 is 0 Å². The average molecular weight is 264 g/mol. The molecule has 0 fully saturated rings. The average Bonchev–Trinajstić information content (AvgIpc) is 2.27. The third kappa shape index (κ3) is 2.57. The van der Waals surface area contributed by atoms with Crippen molar-refractivity contribution in [2.75, 3.05) is 14.2 Å².